The monoisotopic (exact) mass is 859 g/mol. The van der Waals surface area contributed by atoms with Crippen molar-refractivity contribution in [3.63, 3.8) is 0 Å². The van der Waals surface area contributed by atoms with Crippen molar-refractivity contribution >= 4 is 18.5 Å². The predicted octanol–water partition coefficient (Wildman–Crippen LogP) is 14.9. The lowest BCUT2D eigenvalue weighted by Gasteiger charge is -2.29. The van der Waals surface area contributed by atoms with Gasteiger partial charge in [0.15, 0.2) is 5.79 Å². The fraction of sp³-hybridized carbons (Fsp3) is 0.830. The molecule has 0 bridgehead atoms. The Labute approximate surface area is 378 Å². The summed E-state index contributed by atoms with van der Waals surface area (Å²) in [7, 11) is 2.03. The molecule has 7 heteroatoms. The van der Waals surface area contributed by atoms with Crippen molar-refractivity contribution in [2.24, 2.45) is 0 Å². The molecule has 1 aliphatic rings. The molecule has 1 fully saturated rings. The number of nitrogens with one attached hydrogen (secondary N) is 2. The van der Waals surface area contributed by atoms with Crippen LogP contribution in [0.25, 0.3) is 0 Å². The second kappa shape index (κ2) is 44.2. The van der Waals surface area contributed by atoms with E-state index in [2.05, 4.69) is 85.7 Å². The van der Waals surface area contributed by atoms with Crippen LogP contribution < -0.4 is 10.6 Å². The molecule has 2 N–H and O–H groups in total. The summed E-state index contributed by atoms with van der Waals surface area (Å²) in [6.45, 7) is 7.73. The topological polar surface area (TPSA) is 68.8 Å². The number of ether oxygens (including phenoxy) is 3. The number of hydrogen-bond acceptors (Lipinski definition) is 6. The Morgan fingerprint density at radius 3 is 1.50 bits per heavy atom. The molecule has 1 rings (SSSR count). The molecular weight excluding hydrogens is 761 g/mol. The van der Waals surface area contributed by atoms with Crippen LogP contribution in [0.15, 0.2) is 48.6 Å². The van der Waals surface area contributed by atoms with E-state index >= 15 is 0 Å². The van der Waals surface area contributed by atoms with Gasteiger partial charge in [0.05, 0.1) is 12.2 Å². The lowest BCUT2D eigenvalue weighted by molar-refractivity contribution is -0.187. The van der Waals surface area contributed by atoms with Crippen molar-refractivity contribution in [1.82, 2.24) is 10.6 Å². The summed E-state index contributed by atoms with van der Waals surface area (Å²) in [5.41, 5.74) is 0. The molecule has 0 aliphatic carbocycles. The van der Waals surface area contributed by atoms with Gasteiger partial charge in [0.2, 0.25) is 5.91 Å². The molecule has 1 aliphatic heterocycles. The molecule has 1 heterocycles. The van der Waals surface area contributed by atoms with Gasteiger partial charge in [0.1, 0.15) is 0 Å². The normalized spacial score (nSPS) is 16.8. The minimum Gasteiger partial charge on any atom is -0.381 e. The molecule has 6 nitrogen and oxygen atoms in total. The van der Waals surface area contributed by atoms with Crippen molar-refractivity contribution in [2.45, 2.75) is 244 Å². The Kier molecular flexibility index (Phi) is 41.8. The molecule has 0 aromatic rings. The molecule has 60 heavy (non-hydrogen) atoms. The highest BCUT2D eigenvalue weighted by Gasteiger charge is 2.46. The first-order valence-electron chi connectivity index (χ1n) is 25.7. The van der Waals surface area contributed by atoms with Crippen molar-refractivity contribution in [3.8, 4) is 0 Å². The molecule has 350 valence electrons. The van der Waals surface area contributed by atoms with Crippen LogP contribution in [0.4, 0.5) is 0 Å². The molecule has 2 unspecified atom stereocenters. The van der Waals surface area contributed by atoms with E-state index in [1.54, 1.807) is 0 Å². The van der Waals surface area contributed by atoms with E-state index in [9.17, 15) is 4.79 Å². The molecule has 0 saturated carbocycles. The second-order valence-corrected chi connectivity index (χ2v) is 17.9. The average molecular weight is 859 g/mol. The van der Waals surface area contributed by atoms with Gasteiger partial charge in [-0.3, -0.25) is 4.79 Å². The summed E-state index contributed by atoms with van der Waals surface area (Å²) in [5.74, 6) is 0.258. The molecule has 0 aromatic carbocycles. The Morgan fingerprint density at radius 2 is 1.00 bits per heavy atom. The van der Waals surface area contributed by atoms with Gasteiger partial charge in [-0.1, -0.05) is 152 Å². The van der Waals surface area contributed by atoms with E-state index in [1.165, 1.54) is 141 Å². The van der Waals surface area contributed by atoms with E-state index in [1.807, 2.05) is 7.05 Å². The lowest BCUT2D eigenvalue weighted by atomic mass is 9.98. The third-order valence-electron chi connectivity index (χ3n) is 11.8. The van der Waals surface area contributed by atoms with Crippen LogP contribution in [-0.4, -0.2) is 63.0 Å². The predicted molar refractivity (Wildman–Crippen MR) is 264 cm³/mol. The number of thiol groups is 1. The van der Waals surface area contributed by atoms with Crippen molar-refractivity contribution in [3.05, 3.63) is 48.6 Å². The minimum absolute atomic E-state index is 0.0911. The molecule has 1 amide bonds. The Morgan fingerprint density at radius 1 is 0.550 bits per heavy atom. The molecule has 0 aromatic heterocycles. The van der Waals surface area contributed by atoms with Crippen molar-refractivity contribution < 1.29 is 19.0 Å². The minimum atomic E-state index is -0.449. The zero-order valence-electron chi connectivity index (χ0n) is 39.7. The van der Waals surface area contributed by atoms with Gasteiger partial charge in [0, 0.05) is 39.0 Å². The maximum Gasteiger partial charge on any atom is 0.220 e. The van der Waals surface area contributed by atoms with Crippen LogP contribution in [0.3, 0.4) is 0 Å². The fourth-order valence-electron chi connectivity index (χ4n) is 8.04. The molecule has 1 saturated heterocycles. The summed E-state index contributed by atoms with van der Waals surface area (Å²) in [6, 6.07) is 0. The zero-order chi connectivity index (χ0) is 43.3. The van der Waals surface area contributed by atoms with Gasteiger partial charge >= 0.3 is 0 Å². The number of rotatable bonds is 45. The number of hydrogen-bond donors (Lipinski definition) is 3. The highest BCUT2D eigenvalue weighted by atomic mass is 32.1. The SMILES string of the molecule is CCCCC/C=C\C/C=C\CCCCCCCCC1(CCCCCCCC/C=C\C/C=C\CCCCC)OC(CCNC)C(CCOCCCCCCNC(=O)CCS)O1. The summed E-state index contributed by atoms with van der Waals surface area (Å²) >= 11 is 4.13. The highest BCUT2D eigenvalue weighted by Crippen LogP contribution is 2.40. The number of carbonyl (C=O) groups excluding carboxylic acids is 1. The number of carbonyl (C=O) groups is 1. The summed E-state index contributed by atoms with van der Waals surface area (Å²) in [6.07, 6.45) is 58.1. The molecule has 2 atom stereocenters. The van der Waals surface area contributed by atoms with Crippen molar-refractivity contribution in [2.75, 3.05) is 39.1 Å². The van der Waals surface area contributed by atoms with Crippen molar-refractivity contribution in [1.29, 1.82) is 0 Å². The molecule has 0 spiro atoms. The first-order valence-corrected chi connectivity index (χ1v) is 26.3. The van der Waals surface area contributed by atoms with Crippen LogP contribution >= 0.6 is 12.6 Å². The van der Waals surface area contributed by atoms with E-state index in [-0.39, 0.29) is 18.1 Å². The van der Waals surface area contributed by atoms with Gasteiger partial charge in [0.25, 0.3) is 0 Å². The Bertz CT molecular complexity index is 998. The number of allylic oxidation sites excluding steroid dienone is 8. The summed E-state index contributed by atoms with van der Waals surface area (Å²) in [5, 5.41) is 6.33. The van der Waals surface area contributed by atoms with Gasteiger partial charge in [-0.05, 0) is 122 Å². The first-order chi connectivity index (χ1) is 29.6. The third kappa shape index (κ3) is 35.1. The van der Waals surface area contributed by atoms with Crippen LogP contribution in [0.2, 0.25) is 0 Å². The number of unbranched alkanes of at least 4 members (excludes halogenated alkanes) is 21. The van der Waals surface area contributed by atoms with Crippen LogP contribution in [0.5, 0.6) is 0 Å². The van der Waals surface area contributed by atoms with E-state index in [0.29, 0.717) is 12.2 Å². The largest absolute Gasteiger partial charge is 0.381 e. The van der Waals surface area contributed by atoms with Crippen LogP contribution in [0, 0.1) is 0 Å². The summed E-state index contributed by atoms with van der Waals surface area (Å²) < 4.78 is 20.2. The smallest absolute Gasteiger partial charge is 0.220 e. The van der Waals surface area contributed by atoms with Gasteiger partial charge in [-0.15, -0.1) is 0 Å². The Balaban J connectivity index is 2.49. The maximum absolute atomic E-state index is 11.6. The van der Waals surface area contributed by atoms with E-state index in [0.717, 1.165) is 90.5 Å². The van der Waals surface area contributed by atoms with E-state index in [4.69, 9.17) is 14.2 Å². The highest BCUT2D eigenvalue weighted by molar-refractivity contribution is 7.80. The first kappa shape index (κ1) is 56.6. The second-order valence-electron chi connectivity index (χ2n) is 17.4. The summed E-state index contributed by atoms with van der Waals surface area (Å²) in [4.78, 5) is 11.6. The zero-order valence-corrected chi connectivity index (χ0v) is 40.6. The van der Waals surface area contributed by atoms with Crippen LogP contribution in [0.1, 0.15) is 226 Å². The Hall–Kier alpha value is -1.38. The standard InChI is InChI=1S/C53H98N2O4S/c1-4-6-8-10-12-14-16-18-20-22-24-26-28-30-32-36-43-53(44-37-33-31-29-27-25-23-21-19-17-15-13-11-9-7-5-2)58-50(40-46-54-3)51(59-53)41-48-57-47-39-35-34-38-45-55-52(56)42-49-60/h12-15,18-21,50-51,54,60H,4-11,16-17,22-49H2,1-3H3,(H,55,56)/b14-12-,15-13-,20-18-,21-19-. The average Bonchev–Trinajstić information content (AvgIpc) is 3.60. The fourth-order valence-corrected chi connectivity index (χ4v) is 8.24. The lowest BCUT2D eigenvalue weighted by Crippen LogP contribution is -2.31. The van der Waals surface area contributed by atoms with Gasteiger partial charge in [-0.25, -0.2) is 0 Å². The molecular formula is C53H98N2O4S. The number of amides is 1. The van der Waals surface area contributed by atoms with Gasteiger partial charge in [-0.2, -0.15) is 12.6 Å². The van der Waals surface area contributed by atoms with Gasteiger partial charge < -0.3 is 24.8 Å². The quantitative estimate of drug-likeness (QED) is 0.0323. The molecule has 0 radical (unpaired) electrons. The third-order valence-corrected chi connectivity index (χ3v) is 12.0. The van der Waals surface area contributed by atoms with Crippen LogP contribution in [-0.2, 0) is 19.0 Å². The van der Waals surface area contributed by atoms with E-state index < -0.39 is 5.79 Å². The maximum atomic E-state index is 11.6.